The number of ether oxygens (including phenoxy) is 1. The molecule has 0 bridgehead atoms. The highest BCUT2D eigenvalue weighted by Crippen LogP contribution is 2.11. The fraction of sp³-hybridized carbons (Fsp3) is 0.182. The monoisotopic (exact) mass is 250 g/mol. The molecule has 1 amide bonds. The SMILES string of the molecule is CC(Oc1ncn(-c2cccc(F)c2)n1)C(N)=O. The van der Waals surface area contributed by atoms with E-state index in [1.165, 1.54) is 30.1 Å². The van der Waals surface area contributed by atoms with E-state index in [0.29, 0.717) is 5.69 Å². The van der Waals surface area contributed by atoms with Crippen LogP contribution >= 0.6 is 0 Å². The zero-order valence-electron chi connectivity index (χ0n) is 9.58. The molecule has 0 aliphatic rings. The average molecular weight is 250 g/mol. The van der Waals surface area contributed by atoms with Gasteiger partial charge in [-0.15, -0.1) is 5.10 Å². The highest BCUT2D eigenvalue weighted by molar-refractivity contribution is 5.78. The third-order valence-corrected chi connectivity index (χ3v) is 2.23. The quantitative estimate of drug-likeness (QED) is 0.864. The molecule has 0 saturated carbocycles. The predicted molar refractivity (Wildman–Crippen MR) is 60.6 cm³/mol. The van der Waals surface area contributed by atoms with Crippen LogP contribution in [0.3, 0.4) is 0 Å². The number of carbonyl (C=O) groups excluding carboxylic acids is 1. The van der Waals surface area contributed by atoms with Gasteiger partial charge in [-0.1, -0.05) is 6.07 Å². The van der Waals surface area contributed by atoms with Gasteiger partial charge in [0.2, 0.25) is 0 Å². The summed E-state index contributed by atoms with van der Waals surface area (Å²) < 4.78 is 19.5. The van der Waals surface area contributed by atoms with Crippen molar-refractivity contribution in [3.8, 4) is 11.7 Å². The van der Waals surface area contributed by atoms with Crippen LogP contribution in [0.1, 0.15) is 6.92 Å². The van der Waals surface area contributed by atoms with Crippen LogP contribution in [0.4, 0.5) is 4.39 Å². The van der Waals surface area contributed by atoms with Crippen LogP contribution in [0.5, 0.6) is 6.01 Å². The third-order valence-electron chi connectivity index (χ3n) is 2.23. The smallest absolute Gasteiger partial charge is 0.336 e. The Balaban J connectivity index is 2.18. The van der Waals surface area contributed by atoms with Crippen LogP contribution in [-0.4, -0.2) is 26.8 Å². The number of nitrogens with zero attached hydrogens (tertiary/aromatic N) is 3. The Kier molecular flexibility index (Phi) is 3.22. The van der Waals surface area contributed by atoms with Gasteiger partial charge >= 0.3 is 6.01 Å². The van der Waals surface area contributed by atoms with Crippen molar-refractivity contribution in [1.82, 2.24) is 14.8 Å². The van der Waals surface area contributed by atoms with E-state index in [-0.39, 0.29) is 11.8 Å². The molecule has 1 aromatic carbocycles. The van der Waals surface area contributed by atoms with E-state index in [2.05, 4.69) is 10.1 Å². The van der Waals surface area contributed by atoms with Gasteiger partial charge in [0.15, 0.2) is 6.10 Å². The maximum Gasteiger partial charge on any atom is 0.336 e. The number of benzene rings is 1. The lowest BCUT2D eigenvalue weighted by molar-refractivity contribution is -0.124. The zero-order valence-corrected chi connectivity index (χ0v) is 9.58. The summed E-state index contributed by atoms with van der Waals surface area (Å²) in [7, 11) is 0. The first-order chi connectivity index (χ1) is 8.56. The topological polar surface area (TPSA) is 83.0 Å². The molecule has 0 aliphatic carbocycles. The predicted octanol–water partition coefficient (Wildman–Crippen LogP) is 0.659. The number of amides is 1. The summed E-state index contributed by atoms with van der Waals surface area (Å²) in [6.45, 7) is 1.49. The van der Waals surface area contributed by atoms with Crippen LogP contribution in [0.25, 0.3) is 5.69 Å². The Morgan fingerprint density at radius 1 is 1.56 bits per heavy atom. The first-order valence-corrected chi connectivity index (χ1v) is 5.20. The Hall–Kier alpha value is -2.44. The molecular formula is C11H11FN4O2. The Bertz CT molecular complexity index is 570. The molecule has 0 fully saturated rings. The molecule has 18 heavy (non-hydrogen) atoms. The van der Waals surface area contributed by atoms with Crippen molar-refractivity contribution >= 4 is 5.91 Å². The molecule has 2 aromatic rings. The second-order valence-electron chi connectivity index (χ2n) is 3.61. The molecule has 0 radical (unpaired) electrons. The molecule has 0 spiro atoms. The summed E-state index contributed by atoms with van der Waals surface area (Å²) in [5.41, 5.74) is 5.55. The van der Waals surface area contributed by atoms with Gasteiger partial charge in [-0.2, -0.15) is 4.98 Å². The maximum atomic E-state index is 13.0. The van der Waals surface area contributed by atoms with Crippen molar-refractivity contribution in [2.24, 2.45) is 5.73 Å². The van der Waals surface area contributed by atoms with Crippen molar-refractivity contribution in [1.29, 1.82) is 0 Å². The molecule has 2 N–H and O–H groups in total. The molecule has 7 heteroatoms. The van der Waals surface area contributed by atoms with Gasteiger partial charge in [0, 0.05) is 0 Å². The number of halogens is 1. The van der Waals surface area contributed by atoms with Gasteiger partial charge in [-0.3, -0.25) is 4.79 Å². The van der Waals surface area contributed by atoms with Crippen LogP contribution in [0.2, 0.25) is 0 Å². The second-order valence-corrected chi connectivity index (χ2v) is 3.61. The van der Waals surface area contributed by atoms with Gasteiger partial charge in [-0.05, 0) is 25.1 Å². The number of carbonyl (C=O) groups is 1. The number of hydrogen-bond acceptors (Lipinski definition) is 4. The van der Waals surface area contributed by atoms with E-state index in [0.717, 1.165) is 0 Å². The third kappa shape index (κ3) is 2.62. The summed E-state index contributed by atoms with van der Waals surface area (Å²) in [5, 5.41) is 3.95. The molecule has 2 rings (SSSR count). The summed E-state index contributed by atoms with van der Waals surface area (Å²) >= 11 is 0. The first-order valence-electron chi connectivity index (χ1n) is 5.20. The molecule has 1 heterocycles. The summed E-state index contributed by atoms with van der Waals surface area (Å²) in [5.74, 6) is -0.993. The summed E-state index contributed by atoms with van der Waals surface area (Å²) in [6, 6.07) is 5.85. The van der Waals surface area contributed by atoms with E-state index in [4.69, 9.17) is 10.5 Å². The van der Waals surface area contributed by atoms with Crippen LogP contribution in [0, 0.1) is 5.82 Å². The van der Waals surface area contributed by atoms with Gasteiger partial charge in [0.05, 0.1) is 5.69 Å². The van der Waals surface area contributed by atoms with Gasteiger partial charge in [0.1, 0.15) is 12.1 Å². The minimum Gasteiger partial charge on any atom is -0.449 e. The van der Waals surface area contributed by atoms with Gasteiger partial charge < -0.3 is 10.5 Å². The van der Waals surface area contributed by atoms with Crippen LogP contribution < -0.4 is 10.5 Å². The van der Waals surface area contributed by atoms with E-state index in [9.17, 15) is 9.18 Å². The molecule has 94 valence electrons. The second kappa shape index (κ2) is 4.82. The summed E-state index contributed by atoms with van der Waals surface area (Å²) in [4.78, 5) is 14.7. The molecule has 1 unspecified atom stereocenters. The molecular weight excluding hydrogens is 239 g/mol. The average Bonchev–Trinajstić information content (AvgIpc) is 2.77. The van der Waals surface area contributed by atoms with Crippen molar-refractivity contribution in [3.05, 3.63) is 36.4 Å². The molecule has 0 saturated heterocycles. The normalized spacial score (nSPS) is 12.1. The van der Waals surface area contributed by atoms with E-state index < -0.39 is 12.0 Å². The molecule has 6 nitrogen and oxygen atoms in total. The lowest BCUT2D eigenvalue weighted by Gasteiger charge is -2.06. The zero-order chi connectivity index (χ0) is 13.1. The largest absolute Gasteiger partial charge is 0.449 e. The minimum atomic E-state index is -0.826. The highest BCUT2D eigenvalue weighted by Gasteiger charge is 2.13. The fourth-order valence-electron chi connectivity index (χ4n) is 1.26. The maximum absolute atomic E-state index is 13.0. The summed E-state index contributed by atoms with van der Waals surface area (Å²) in [6.07, 6.45) is 0.533. The molecule has 1 aromatic heterocycles. The standard InChI is InChI=1S/C11H11FN4O2/c1-7(10(13)17)18-11-14-6-16(15-11)9-4-2-3-8(12)5-9/h2-7H,1H3,(H2,13,17). The number of rotatable bonds is 4. The fourth-order valence-corrected chi connectivity index (χ4v) is 1.26. The number of hydrogen-bond donors (Lipinski definition) is 1. The lowest BCUT2D eigenvalue weighted by Crippen LogP contribution is -2.31. The number of nitrogens with two attached hydrogens (primary N) is 1. The molecule has 1 atom stereocenters. The van der Waals surface area contributed by atoms with Crippen molar-refractivity contribution in [2.75, 3.05) is 0 Å². The van der Waals surface area contributed by atoms with E-state index in [1.807, 2.05) is 0 Å². The van der Waals surface area contributed by atoms with Crippen molar-refractivity contribution < 1.29 is 13.9 Å². The highest BCUT2D eigenvalue weighted by atomic mass is 19.1. The minimum absolute atomic E-state index is 0.00515. The first kappa shape index (κ1) is 12.0. The van der Waals surface area contributed by atoms with Gasteiger partial charge in [0.25, 0.3) is 5.91 Å². The Morgan fingerprint density at radius 3 is 3.00 bits per heavy atom. The number of aromatic nitrogens is 3. The molecule has 0 aliphatic heterocycles. The lowest BCUT2D eigenvalue weighted by atomic mass is 10.3. The van der Waals surface area contributed by atoms with Crippen LogP contribution in [-0.2, 0) is 4.79 Å². The van der Waals surface area contributed by atoms with E-state index >= 15 is 0 Å². The Labute approximate surface area is 102 Å². The van der Waals surface area contributed by atoms with Gasteiger partial charge in [-0.25, -0.2) is 9.07 Å². The Morgan fingerprint density at radius 2 is 2.33 bits per heavy atom. The van der Waals surface area contributed by atoms with Crippen LogP contribution in [0.15, 0.2) is 30.6 Å². The van der Waals surface area contributed by atoms with E-state index in [1.54, 1.807) is 12.1 Å². The van der Waals surface area contributed by atoms with Crippen molar-refractivity contribution in [2.45, 2.75) is 13.0 Å². The number of primary amides is 1. The van der Waals surface area contributed by atoms with Crippen molar-refractivity contribution in [3.63, 3.8) is 0 Å².